The zero-order chi connectivity index (χ0) is 15.0. The Bertz CT molecular complexity index is 477. The van der Waals surface area contributed by atoms with Crippen LogP contribution in [0.4, 0.5) is 4.39 Å². The van der Waals surface area contributed by atoms with Crippen LogP contribution in [0.2, 0.25) is 0 Å². The fraction of sp³-hybridized carbons (Fsp3) is 0.429. The molecule has 0 amide bonds. The number of hydrogen-bond donors (Lipinski definition) is 1. The first-order chi connectivity index (χ1) is 9.56. The van der Waals surface area contributed by atoms with Gasteiger partial charge in [0.15, 0.2) is 5.96 Å². The molecule has 0 spiro atoms. The molecule has 0 atom stereocenters. The van der Waals surface area contributed by atoms with Gasteiger partial charge in [0.25, 0.3) is 0 Å². The summed E-state index contributed by atoms with van der Waals surface area (Å²) in [6, 6.07) is 6.42. The Labute approximate surface area is 118 Å². The number of guanidine groups is 1. The van der Waals surface area contributed by atoms with Crippen LogP contribution in [-0.2, 0) is 16.1 Å². The number of benzene rings is 1. The highest BCUT2D eigenvalue weighted by Gasteiger charge is 2.08. The molecule has 0 aliphatic carbocycles. The molecule has 0 aliphatic rings. The number of methoxy groups -OCH3 is 1. The van der Waals surface area contributed by atoms with Gasteiger partial charge in [0, 0.05) is 27.2 Å². The van der Waals surface area contributed by atoms with Crippen molar-refractivity contribution in [2.45, 2.75) is 13.0 Å². The summed E-state index contributed by atoms with van der Waals surface area (Å²) >= 11 is 0. The summed E-state index contributed by atoms with van der Waals surface area (Å²) in [5.74, 6) is 0.100. The van der Waals surface area contributed by atoms with Crippen LogP contribution in [0.15, 0.2) is 29.3 Å². The number of esters is 1. The average Bonchev–Trinajstić information content (AvgIpc) is 2.43. The summed E-state index contributed by atoms with van der Waals surface area (Å²) in [5, 5.41) is 3.05. The third-order valence-electron chi connectivity index (χ3n) is 2.72. The van der Waals surface area contributed by atoms with Gasteiger partial charge in [0.05, 0.1) is 13.5 Å². The third-order valence-corrected chi connectivity index (χ3v) is 2.72. The van der Waals surface area contributed by atoms with Crippen molar-refractivity contribution >= 4 is 11.9 Å². The topological polar surface area (TPSA) is 53.9 Å². The number of halogens is 1. The molecule has 6 heteroatoms. The molecule has 5 nitrogen and oxygen atoms in total. The highest BCUT2D eigenvalue weighted by molar-refractivity contribution is 5.80. The van der Waals surface area contributed by atoms with E-state index in [9.17, 15) is 9.18 Å². The number of carbonyl (C=O) groups excluding carboxylic acids is 1. The first kappa shape index (κ1) is 15.9. The highest BCUT2D eigenvalue weighted by atomic mass is 19.1. The van der Waals surface area contributed by atoms with E-state index < -0.39 is 0 Å². The summed E-state index contributed by atoms with van der Waals surface area (Å²) in [4.78, 5) is 17.0. The van der Waals surface area contributed by atoms with Gasteiger partial charge in [-0.15, -0.1) is 0 Å². The maximum Gasteiger partial charge on any atom is 0.307 e. The maximum atomic E-state index is 13.1. The Kier molecular flexibility index (Phi) is 6.49. The van der Waals surface area contributed by atoms with Gasteiger partial charge in [-0.05, 0) is 17.7 Å². The van der Waals surface area contributed by atoms with Crippen LogP contribution in [0.3, 0.4) is 0 Å². The van der Waals surface area contributed by atoms with Crippen molar-refractivity contribution in [1.29, 1.82) is 0 Å². The van der Waals surface area contributed by atoms with Crippen LogP contribution < -0.4 is 5.32 Å². The molecule has 0 aromatic heterocycles. The molecule has 20 heavy (non-hydrogen) atoms. The summed E-state index contributed by atoms with van der Waals surface area (Å²) in [6.45, 7) is 0.961. The van der Waals surface area contributed by atoms with Crippen LogP contribution >= 0.6 is 0 Å². The minimum absolute atomic E-state index is 0.260. The van der Waals surface area contributed by atoms with Gasteiger partial charge in [-0.25, -0.2) is 4.39 Å². The summed E-state index contributed by atoms with van der Waals surface area (Å²) in [5.41, 5.74) is 0.850. The van der Waals surface area contributed by atoms with E-state index in [2.05, 4.69) is 15.0 Å². The van der Waals surface area contributed by atoms with E-state index in [0.717, 1.165) is 5.56 Å². The lowest BCUT2D eigenvalue weighted by molar-refractivity contribution is -0.140. The monoisotopic (exact) mass is 281 g/mol. The first-order valence-electron chi connectivity index (χ1n) is 6.30. The SMILES string of the molecule is CN=C(NCCC(=O)OC)N(C)Cc1cccc(F)c1. The van der Waals surface area contributed by atoms with Crippen LogP contribution in [0.25, 0.3) is 0 Å². The Balaban J connectivity index is 2.51. The predicted molar refractivity (Wildman–Crippen MR) is 75.9 cm³/mol. The van der Waals surface area contributed by atoms with E-state index in [1.54, 1.807) is 13.1 Å². The molecule has 0 saturated heterocycles. The van der Waals surface area contributed by atoms with Crippen molar-refractivity contribution in [1.82, 2.24) is 10.2 Å². The highest BCUT2D eigenvalue weighted by Crippen LogP contribution is 2.06. The van der Waals surface area contributed by atoms with Crippen molar-refractivity contribution in [2.75, 3.05) is 27.7 Å². The third kappa shape index (κ3) is 5.26. The van der Waals surface area contributed by atoms with Crippen LogP contribution in [0.1, 0.15) is 12.0 Å². The molecule has 0 heterocycles. The lowest BCUT2D eigenvalue weighted by atomic mass is 10.2. The van der Waals surface area contributed by atoms with Crippen molar-refractivity contribution in [3.05, 3.63) is 35.6 Å². The largest absolute Gasteiger partial charge is 0.469 e. The average molecular weight is 281 g/mol. The lowest BCUT2D eigenvalue weighted by Gasteiger charge is -2.22. The number of aliphatic imine (C=N–C) groups is 1. The van der Waals surface area contributed by atoms with Gasteiger partial charge in [0.1, 0.15) is 5.82 Å². The fourth-order valence-electron chi connectivity index (χ4n) is 1.75. The number of nitrogens with zero attached hydrogens (tertiary/aromatic N) is 2. The van der Waals surface area contributed by atoms with Gasteiger partial charge in [0.2, 0.25) is 0 Å². The smallest absolute Gasteiger partial charge is 0.307 e. The number of carbonyl (C=O) groups is 1. The Hall–Kier alpha value is -2.11. The second kappa shape index (κ2) is 8.14. The quantitative estimate of drug-likeness (QED) is 0.503. The number of hydrogen-bond acceptors (Lipinski definition) is 3. The van der Waals surface area contributed by atoms with Gasteiger partial charge < -0.3 is 15.0 Å². The summed E-state index contributed by atoms with van der Waals surface area (Å²) in [7, 11) is 4.86. The van der Waals surface area contributed by atoms with Crippen molar-refractivity contribution in [3.8, 4) is 0 Å². The summed E-state index contributed by atoms with van der Waals surface area (Å²) < 4.78 is 17.7. The molecule has 1 N–H and O–H groups in total. The zero-order valence-electron chi connectivity index (χ0n) is 12.0. The molecular weight excluding hydrogens is 261 g/mol. The Morgan fingerprint density at radius 3 is 2.85 bits per heavy atom. The van der Waals surface area contributed by atoms with E-state index in [-0.39, 0.29) is 18.2 Å². The minimum atomic E-state index is -0.277. The molecule has 0 unspecified atom stereocenters. The lowest BCUT2D eigenvalue weighted by Crippen LogP contribution is -2.39. The number of rotatable bonds is 5. The molecule has 110 valence electrons. The molecule has 0 fully saturated rings. The summed E-state index contributed by atoms with van der Waals surface area (Å²) in [6.07, 6.45) is 0.267. The Morgan fingerprint density at radius 1 is 1.50 bits per heavy atom. The van der Waals surface area contributed by atoms with Gasteiger partial charge in [-0.2, -0.15) is 0 Å². The molecule has 1 aromatic carbocycles. The van der Waals surface area contributed by atoms with E-state index in [1.165, 1.54) is 19.2 Å². The van der Waals surface area contributed by atoms with E-state index in [1.807, 2.05) is 18.0 Å². The second-order valence-electron chi connectivity index (χ2n) is 4.29. The predicted octanol–water partition coefficient (Wildman–Crippen LogP) is 1.40. The van der Waals surface area contributed by atoms with Gasteiger partial charge >= 0.3 is 5.97 Å². The second-order valence-corrected chi connectivity index (χ2v) is 4.29. The van der Waals surface area contributed by atoms with Crippen molar-refractivity contribution < 1.29 is 13.9 Å². The number of ether oxygens (including phenoxy) is 1. The van der Waals surface area contributed by atoms with Crippen LogP contribution in [0.5, 0.6) is 0 Å². The molecular formula is C14H20FN3O2. The number of nitrogens with one attached hydrogen (secondary N) is 1. The molecule has 0 bridgehead atoms. The Morgan fingerprint density at radius 2 is 2.25 bits per heavy atom. The maximum absolute atomic E-state index is 13.1. The molecule has 0 aliphatic heterocycles. The van der Waals surface area contributed by atoms with Crippen molar-refractivity contribution in [3.63, 3.8) is 0 Å². The van der Waals surface area contributed by atoms with Crippen LogP contribution in [-0.4, -0.2) is 44.6 Å². The van der Waals surface area contributed by atoms with E-state index >= 15 is 0 Å². The minimum Gasteiger partial charge on any atom is -0.469 e. The molecule has 1 rings (SSSR count). The van der Waals surface area contributed by atoms with Gasteiger partial charge in [-0.3, -0.25) is 9.79 Å². The van der Waals surface area contributed by atoms with E-state index in [4.69, 9.17) is 0 Å². The van der Waals surface area contributed by atoms with Gasteiger partial charge in [-0.1, -0.05) is 12.1 Å². The zero-order valence-corrected chi connectivity index (χ0v) is 12.0. The molecule has 0 radical (unpaired) electrons. The normalized spacial score (nSPS) is 11.1. The standard InChI is InChI=1S/C14H20FN3O2/c1-16-14(17-8-7-13(19)20-3)18(2)10-11-5-4-6-12(15)9-11/h4-6,9H,7-8,10H2,1-3H3,(H,16,17). The molecule has 0 saturated carbocycles. The molecule has 1 aromatic rings. The fourth-order valence-corrected chi connectivity index (χ4v) is 1.75. The first-order valence-corrected chi connectivity index (χ1v) is 6.30. The van der Waals surface area contributed by atoms with Crippen molar-refractivity contribution in [2.24, 2.45) is 4.99 Å². The van der Waals surface area contributed by atoms with E-state index in [0.29, 0.717) is 19.0 Å². The van der Waals surface area contributed by atoms with Crippen LogP contribution in [0, 0.1) is 5.82 Å².